The Morgan fingerprint density at radius 1 is 1.00 bits per heavy atom. The first kappa shape index (κ1) is 14.9. The van der Waals surface area contributed by atoms with Gasteiger partial charge in [-0.2, -0.15) is 0 Å². The minimum atomic E-state index is -0.486. The summed E-state index contributed by atoms with van der Waals surface area (Å²) in [4.78, 5) is 0. The molecular formula is C20H23NO. The van der Waals surface area contributed by atoms with E-state index < -0.39 is 6.10 Å². The molecule has 2 aromatic carbocycles. The van der Waals surface area contributed by atoms with E-state index in [1.807, 2.05) is 30.3 Å². The van der Waals surface area contributed by atoms with E-state index in [1.54, 1.807) is 0 Å². The first-order chi connectivity index (χ1) is 10.7. The quantitative estimate of drug-likeness (QED) is 0.712. The van der Waals surface area contributed by atoms with Crippen LogP contribution in [0.5, 0.6) is 0 Å². The third-order valence-corrected chi connectivity index (χ3v) is 4.50. The number of benzene rings is 2. The van der Waals surface area contributed by atoms with E-state index in [9.17, 15) is 5.11 Å². The first-order valence-electron chi connectivity index (χ1n) is 8.02. The van der Waals surface area contributed by atoms with Gasteiger partial charge < -0.3 is 9.67 Å². The van der Waals surface area contributed by atoms with Gasteiger partial charge in [0.25, 0.3) is 0 Å². The molecule has 2 heteroatoms. The minimum Gasteiger partial charge on any atom is -0.387 e. The van der Waals surface area contributed by atoms with Gasteiger partial charge in [-0.1, -0.05) is 62.4 Å². The summed E-state index contributed by atoms with van der Waals surface area (Å²) in [5.41, 5.74) is 3.47. The molecule has 3 rings (SSSR count). The molecule has 114 valence electrons. The lowest BCUT2D eigenvalue weighted by atomic mass is 10.0. The predicted octanol–water partition coefficient (Wildman–Crippen LogP) is 4.89. The number of aliphatic hydroxyl groups excluding tert-OH is 1. The van der Waals surface area contributed by atoms with Gasteiger partial charge in [0, 0.05) is 11.2 Å². The molecule has 3 aromatic rings. The largest absolute Gasteiger partial charge is 0.387 e. The van der Waals surface area contributed by atoms with E-state index in [2.05, 4.69) is 48.7 Å². The van der Waals surface area contributed by atoms with Crippen LogP contribution in [0.4, 0.5) is 0 Å². The number of fused-ring (bicyclic) bond motifs is 1. The van der Waals surface area contributed by atoms with Crippen molar-refractivity contribution in [3.63, 3.8) is 0 Å². The zero-order valence-corrected chi connectivity index (χ0v) is 13.2. The number of rotatable bonds is 5. The Balaban J connectivity index is 2.01. The molecule has 22 heavy (non-hydrogen) atoms. The average Bonchev–Trinajstić information content (AvgIpc) is 2.93. The van der Waals surface area contributed by atoms with Crippen LogP contribution >= 0.6 is 0 Å². The second-order valence-electron chi connectivity index (χ2n) is 5.97. The molecule has 1 aromatic heterocycles. The Kier molecular flexibility index (Phi) is 4.30. The Labute approximate surface area is 132 Å². The molecule has 1 N–H and O–H groups in total. The zero-order chi connectivity index (χ0) is 15.5. The van der Waals surface area contributed by atoms with Gasteiger partial charge in [-0.25, -0.2) is 0 Å². The summed E-state index contributed by atoms with van der Waals surface area (Å²) in [6.07, 6.45) is 0.609. The van der Waals surface area contributed by atoms with E-state index in [1.165, 1.54) is 16.6 Å². The van der Waals surface area contributed by atoms with E-state index in [0.29, 0.717) is 12.5 Å². The number of hydrogen-bond acceptors (Lipinski definition) is 1. The van der Waals surface area contributed by atoms with E-state index in [0.717, 1.165) is 12.0 Å². The Morgan fingerprint density at radius 2 is 1.68 bits per heavy atom. The number of para-hydroxylation sites is 1. The summed E-state index contributed by atoms with van der Waals surface area (Å²) in [5.74, 6) is 0.482. The lowest BCUT2D eigenvalue weighted by molar-refractivity contribution is 0.156. The molecule has 0 aliphatic heterocycles. The Hall–Kier alpha value is -2.06. The van der Waals surface area contributed by atoms with Crippen molar-refractivity contribution < 1.29 is 5.11 Å². The summed E-state index contributed by atoms with van der Waals surface area (Å²) in [6, 6.07) is 20.6. The lowest BCUT2D eigenvalue weighted by Crippen LogP contribution is -2.12. The number of nitrogens with zero attached hydrogens (tertiary/aromatic N) is 1. The van der Waals surface area contributed by atoms with Crippen molar-refractivity contribution in [3.8, 4) is 0 Å². The number of hydrogen-bond donors (Lipinski definition) is 1. The molecule has 0 spiro atoms. The number of aromatic nitrogens is 1. The molecule has 0 fully saturated rings. The van der Waals surface area contributed by atoms with Crippen molar-refractivity contribution in [2.75, 3.05) is 0 Å². The molecule has 2 unspecified atom stereocenters. The van der Waals surface area contributed by atoms with Crippen molar-refractivity contribution >= 4 is 10.9 Å². The average molecular weight is 293 g/mol. The molecule has 0 aliphatic carbocycles. The summed E-state index contributed by atoms with van der Waals surface area (Å²) in [5, 5.41) is 11.9. The van der Waals surface area contributed by atoms with Gasteiger partial charge in [-0.3, -0.25) is 0 Å². The Morgan fingerprint density at radius 3 is 2.41 bits per heavy atom. The zero-order valence-electron chi connectivity index (χ0n) is 13.2. The van der Waals surface area contributed by atoms with Crippen LogP contribution in [0.2, 0.25) is 0 Å². The highest BCUT2D eigenvalue weighted by molar-refractivity contribution is 5.81. The van der Waals surface area contributed by atoms with Crippen molar-refractivity contribution in [3.05, 3.63) is 71.9 Å². The van der Waals surface area contributed by atoms with Crippen molar-refractivity contribution in [1.82, 2.24) is 4.57 Å². The molecule has 0 radical (unpaired) electrons. The van der Waals surface area contributed by atoms with Crippen LogP contribution in [0.1, 0.15) is 43.5 Å². The smallest absolute Gasteiger partial charge is 0.0969 e. The third kappa shape index (κ3) is 2.79. The van der Waals surface area contributed by atoms with Gasteiger partial charge in [0.2, 0.25) is 0 Å². The lowest BCUT2D eigenvalue weighted by Gasteiger charge is -2.19. The maximum absolute atomic E-state index is 10.6. The standard InChI is InChI=1S/C20H23NO/c1-3-15(2)19-13-17-11-7-8-12-18(17)21(19)14-20(22)16-9-5-4-6-10-16/h4-13,15,20,22H,3,14H2,1-2H3. The molecule has 0 aliphatic rings. The fourth-order valence-electron chi connectivity index (χ4n) is 3.01. The van der Waals surface area contributed by atoms with Crippen LogP contribution in [0.3, 0.4) is 0 Å². The normalized spacial score (nSPS) is 14.1. The minimum absolute atomic E-state index is 0.482. The second kappa shape index (κ2) is 6.37. The molecular weight excluding hydrogens is 270 g/mol. The molecule has 1 heterocycles. The summed E-state index contributed by atoms with van der Waals surface area (Å²) < 4.78 is 2.28. The highest BCUT2D eigenvalue weighted by Gasteiger charge is 2.16. The van der Waals surface area contributed by atoms with Crippen molar-refractivity contribution in [2.45, 2.75) is 38.8 Å². The monoisotopic (exact) mass is 293 g/mol. The fourth-order valence-corrected chi connectivity index (χ4v) is 3.01. The van der Waals surface area contributed by atoms with Gasteiger partial charge in [-0.05, 0) is 35.4 Å². The van der Waals surface area contributed by atoms with Crippen LogP contribution in [-0.4, -0.2) is 9.67 Å². The van der Waals surface area contributed by atoms with Gasteiger partial charge in [-0.15, -0.1) is 0 Å². The van der Waals surface area contributed by atoms with Crippen molar-refractivity contribution in [1.29, 1.82) is 0 Å². The summed E-state index contributed by atoms with van der Waals surface area (Å²) >= 11 is 0. The van der Waals surface area contributed by atoms with Gasteiger partial charge in [0.15, 0.2) is 0 Å². The van der Waals surface area contributed by atoms with Crippen LogP contribution in [0.25, 0.3) is 10.9 Å². The number of aliphatic hydroxyl groups is 1. The molecule has 0 bridgehead atoms. The van der Waals surface area contributed by atoms with Crippen LogP contribution in [0.15, 0.2) is 60.7 Å². The molecule has 0 amide bonds. The van der Waals surface area contributed by atoms with E-state index >= 15 is 0 Å². The molecule has 0 saturated heterocycles. The van der Waals surface area contributed by atoms with Crippen LogP contribution in [-0.2, 0) is 6.54 Å². The molecule has 2 nitrogen and oxygen atoms in total. The Bertz CT molecular complexity index is 745. The highest BCUT2D eigenvalue weighted by atomic mass is 16.3. The first-order valence-corrected chi connectivity index (χ1v) is 8.02. The van der Waals surface area contributed by atoms with E-state index in [4.69, 9.17) is 0 Å². The van der Waals surface area contributed by atoms with Crippen LogP contribution < -0.4 is 0 Å². The maximum Gasteiger partial charge on any atom is 0.0969 e. The predicted molar refractivity (Wildman–Crippen MR) is 92.0 cm³/mol. The van der Waals surface area contributed by atoms with Crippen molar-refractivity contribution in [2.24, 2.45) is 0 Å². The van der Waals surface area contributed by atoms with Gasteiger partial charge in [0.1, 0.15) is 0 Å². The summed E-state index contributed by atoms with van der Waals surface area (Å²) in [6.45, 7) is 5.05. The SMILES string of the molecule is CCC(C)c1cc2ccccc2n1CC(O)c1ccccc1. The maximum atomic E-state index is 10.6. The molecule has 2 atom stereocenters. The molecule has 0 saturated carbocycles. The van der Waals surface area contributed by atoms with Gasteiger partial charge >= 0.3 is 0 Å². The third-order valence-electron chi connectivity index (χ3n) is 4.50. The summed E-state index contributed by atoms with van der Waals surface area (Å²) in [7, 11) is 0. The van der Waals surface area contributed by atoms with E-state index in [-0.39, 0.29) is 0 Å². The second-order valence-corrected chi connectivity index (χ2v) is 5.97. The topological polar surface area (TPSA) is 25.2 Å². The fraction of sp³-hybridized carbons (Fsp3) is 0.300. The van der Waals surface area contributed by atoms with Gasteiger partial charge in [0.05, 0.1) is 12.6 Å². The highest BCUT2D eigenvalue weighted by Crippen LogP contribution is 2.29. The van der Waals surface area contributed by atoms with Crippen LogP contribution in [0, 0.1) is 0 Å².